The number of benzene rings is 1. The van der Waals surface area contributed by atoms with E-state index in [2.05, 4.69) is 10.3 Å². The van der Waals surface area contributed by atoms with E-state index in [-0.39, 0.29) is 5.91 Å². The number of carbonyl (C=O) groups excluding carboxylic acids is 1. The number of carbonyl (C=O) groups is 1. The van der Waals surface area contributed by atoms with Crippen LogP contribution in [0.3, 0.4) is 0 Å². The third kappa shape index (κ3) is 3.89. The van der Waals surface area contributed by atoms with Gasteiger partial charge in [0.25, 0.3) is 5.91 Å². The molecule has 0 unspecified atom stereocenters. The van der Waals surface area contributed by atoms with E-state index >= 15 is 0 Å². The van der Waals surface area contributed by atoms with Gasteiger partial charge in [0.2, 0.25) is 0 Å². The summed E-state index contributed by atoms with van der Waals surface area (Å²) in [5.41, 5.74) is 0.968. The summed E-state index contributed by atoms with van der Waals surface area (Å²) in [6.45, 7) is 0. The fourth-order valence-corrected chi connectivity index (χ4v) is 3.59. The van der Waals surface area contributed by atoms with E-state index in [1.54, 1.807) is 0 Å². The Morgan fingerprint density at radius 3 is 2.62 bits per heavy atom. The first-order valence-electron chi connectivity index (χ1n) is 7.25. The van der Waals surface area contributed by atoms with Crippen molar-refractivity contribution in [3.63, 3.8) is 0 Å². The molecule has 5 heteroatoms. The van der Waals surface area contributed by atoms with Crippen LogP contribution in [-0.2, 0) is 4.79 Å². The highest BCUT2D eigenvalue weighted by molar-refractivity contribution is 8.18. The highest BCUT2D eigenvalue weighted by Gasteiger charge is 2.25. The minimum atomic E-state index is -0.0653. The summed E-state index contributed by atoms with van der Waals surface area (Å²) >= 11 is 7.29. The SMILES string of the molecule is O=C1NC(=NC2CCCCC2)SC1=Cc1ccc(Cl)cc1. The Balaban J connectivity index is 1.72. The zero-order valence-corrected chi connectivity index (χ0v) is 13.2. The van der Waals surface area contributed by atoms with Gasteiger partial charge in [0.05, 0.1) is 10.9 Å². The largest absolute Gasteiger partial charge is 0.301 e. The Morgan fingerprint density at radius 2 is 1.90 bits per heavy atom. The molecule has 2 aliphatic rings. The molecule has 1 aromatic rings. The van der Waals surface area contributed by atoms with Crippen LogP contribution in [0.4, 0.5) is 0 Å². The molecule has 1 amide bonds. The summed E-state index contributed by atoms with van der Waals surface area (Å²) < 4.78 is 0. The van der Waals surface area contributed by atoms with Gasteiger partial charge in [-0.3, -0.25) is 9.79 Å². The van der Waals surface area contributed by atoms with Gasteiger partial charge in [-0.05, 0) is 48.4 Å². The number of nitrogens with zero attached hydrogens (tertiary/aromatic N) is 1. The number of amidine groups is 1. The smallest absolute Gasteiger partial charge is 0.264 e. The second-order valence-electron chi connectivity index (χ2n) is 5.34. The number of thioether (sulfide) groups is 1. The number of hydrogen-bond donors (Lipinski definition) is 1. The molecule has 0 aromatic heterocycles. The first kappa shape index (κ1) is 14.7. The Bertz CT molecular complexity index is 589. The van der Waals surface area contributed by atoms with Gasteiger partial charge < -0.3 is 5.32 Å². The first-order valence-corrected chi connectivity index (χ1v) is 8.44. The zero-order chi connectivity index (χ0) is 14.7. The molecule has 21 heavy (non-hydrogen) atoms. The summed E-state index contributed by atoms with van der Waals surface area (Å²) in [6.07, 6.45) is 7.94. The molecule has 1 aromatic carbocycles. The van der Waals surface area contributed by atoms with Gasteiger partial charge in [-0.2, -0.15) is 0 Å². The predicted molar refractivity (Wildman–Crippen MR) is 89.5 cm³/mol. The summed E-state index contributed by atoms with van der Waals surface area (Å²) in [5, 5.41) is 4.30. The van der Waals surface area contributed by atoms with Crippen molar-refractivity contribution in [3.8, 4) is 0 Å². The fraction of sp³-hybridized carbons (Fsp3) is 0.375. The minimum Gasteiger partial charge on any atom is -0.301 e. The van der Waals surface area contributed by atoms with E-state index in [9.17, 15) is 4.79 Å². The summed E-state index contributed by atoms with van der Waals surface area (Å²) in [4.78, 5) is 17.4. The molecule has 0 bridgehead atoms. The van der Waals surface area contributed by atoms with Crippen LogP contribution in [0.5, 0.6) is 0 Å². The van der Waals surface area contributed by atoms with Gasteiger partial charge in [0.15, 0.2) is 5.17 Å². The zero-order valence-electron chi connectivity index (χ0n) is 11.6. The third-order valence-corrected chi connectivity index (χ3v) is 4.87. The van der Waals surface area contributed by atoms with Crippen molar-refractivity contribution in [2.45, 2.75) is 38.1 Å². The van der Waals surface area contributed by atoms with Gasteiger partial charge in [0.1, 0.15) is 0 Å². The number of rotatable bonds is 2. The van der Waals surface area contributed by atoms with Crippen LogP contribution < -0.4 is 5.32 Å². The molecule has 1 aliphatic heterocycles. The van der Waals surface area contributed by atoms with Crippen molar-refractivity contribution in [1.29, 1.82) is 0 Å². The molecule has 1 saturated carbocycles. The van der Waals surface area contributed by atoms with E-state index in [0.717, 1.165) is 23.6 Å². The fourth-order valence-electron chi connectivity index (χ4n) is 2.57. The summed E-state index contributed by atoms with van der Waals surface area (Å²) in [5.74, 6) is -0.0653. The Morgan fingerprint density at radius 1 is 1.19 bits per heavy atom. The molecule has 1 aliphatic carbocycles. The van der Waals surface area contributed by atoms with Crippen LogP contribution >= 0.6 is 23.4 Å². The average molecular weight is 321 g/mol. The van der Waals surface area contributed by atoms with Gasteiger partial charge in [-0.25, -0.2) is 0 Å². The van der Waals surface area contributed by atoms with Crippen molar-refractivity contribution in [1.82, 2.24) is 5.32 Å². The summed E-state index contributed by atoms with van der Waals surface area (Å²) in [7, 11) is 0. The number of hydrogen-bond acceptors (Lipinski definition) is 3. The number of nitrogens with one attached hydrogen (secondary N) is 1. The molecule has 110 valence electrons. The molecule has 3 rings (SSSR count). The maximum Gasteiger partial charge on any atom is 0.264 e. The maximum absolute atomic E-state index is 12.0. The molecule has 0 atom stereocenters. The number of amides is 1. The standard InChI is InChI=1S/C16H17ClN2OS/c17-12-8-6-11(7-9-12)10-14-15(20)19-16(21-14)18-13-4-2-1-3-5-13/h6-10,13H,1-5H2,(H,18,19,20). The molecular weight excluding hydrogens is 304 g/mol. The van der Waals surface area contributed by atoms with Crippen LogP contribution in [0.1, 0.15) is 37.7 Å². The second kappa shape index (κ2) is 6.67. The minimum absolute atomic E-state index is 0.0653. The van der Waals surface area contributed by atoms with Crippen LogP contribution in [0.15, 0.2) is 34.2 Å². The maximum atomic E-state index is 12.0. The van der Waals surface area contributed by atoms with Crippen LogP contribution in [0, 0.1) is 0 Å². The lowest BCUT2D eigenvalue weighted by Gasteiger charge is -2.17. The van der Waals surface area contributed by atoms with E-state index in [4.69, 9.17) is 11.6 Å². The van der Waals surface area contributed by atoms with E-state index in [1.807, 2.05) is 30.3 Å². The van der Waals surface area contributed by atoms with Gasteiger partial charge in [0, 0.05) is 5.02 Å². The Hall–Kier alpha value is -1.26. The first-order chi connectivity index (χ1) is 10.2. The average Bonchev–Trinajstić information content (AvgIpc) is 2.82. The van der Waals surface area contributed by atoms with Crippen molar-refractivity contribution in [2.75, 3.05) is 0 Å². The van der Waals surface area contributed by atoms with Crippen LogP contribution in [0.2, 0.25) is 5.02 Å². The lowest BCUT2D eigenvalue weighted by atomic mass is 9.96. The quantitative estimate of drug-likeness (QED) is 0.828. The van der Waals surface area contributed by atoms with Crippen molar-refractivity contribution < 1.29 is 4.79 Å². The van der Waals surface area contributed by atoms with E-state index in [0.29, 0.717) is 16.0 Å². The number of aliphatic imine (C=N–C) groups is 1. The van der Waals surface area contributed by atoms with Crippen LogP contribution in [-0.4, -0.2) is 17.1 Å². The van der Waals surface area contributed by atoms with E-state index < -0.39 is 0 Å². The predicted octanol–water partition coefficient (Wildman–Crippen LogP) is 4.23. The molecule has 1 heterocycles. The molecule has 2 fully saturated rings. The Labute approximate surface area is 133 Å². The highest BCUT2D eigenvalue weighted by Crippen LogP contribution is 2.28. The van der Waals surface area contributed by atoms with Gasteiger partial charge >= 0.3 is 0 Å². The van der Waals surface area contributed by atoms with Gasteiger partial charge in [-0.1, -0.05) is 43.0 Å². The molecule has 1 saturated heterocycles. The second-order valence-corrected chi connectivity index (χ2v) is 6.81. The monoisotopic (exact) mass is 320 g/mol. The van der Waals surface area contributed by atoms with Crippen LogP contribution in [0.25, 0.3) is 6.08 Å². The Kier molecular flexibility index (Phi) is 4.66. The molecular formula is C16H17ClN2OS. The lowest BCUT2D eigenvalue weighted by Crippen LogP contribution is -2.22. The van der Waals surface area contributed by atoms with E-state index in [1.165, 1.54) is 31.0 Å². The molecule has 3 nitrogen and oxygen atoms in total. The summed E-state index contributed by atoms with van der Waals surface area (Å²) in [6, 6.07) is 7.82. The third-order valence-electron chi connectivity index (χ3n) is 3.69. The normalized spacial score (nSPS) is 23.8. The van der Waals surface area contributed by atoms with Crippen molar-refractivity contribution in [2.24, 2.45) is 4.99 Å². The molecule has 0 radical (unpaired) electrons. The number of halogens is 1. The topological polar surface area (TPSA) is 41.5 Å². The van der Waals surface area contributed by atoms with Crippen molar-refractivity contribution in [3.05, 3.63) is 39.8 Å². The molecule has 0 spiro atoms. The highest BCUT2D eigenvalue weighted by atomic mass is 35.5. The lowest BCUT2D eigenvalue weighted by molar-refractivity contribution is -0.115. The molecule has 1 N–H and O–H groups in total. The van der Waals surface area contributed by atoms with Crippen molar-refractivity contribution >= 4 is 40.5 Å². The van der Waals surface area contributed by atoms with Gasteiger partial charge in [-0.15, -0.1) is 0 Å².